The average molecular weight is 1370 g/mol. The van der Waals surface area contributed by atoms with Crippen LogP contribution in [0.5, 0.6) is 17.2 Å². The standard InChI is InChI=1S/C61H65N8O23P3/c1-67(2)37-15-19-41-48(29-37)89-49-30-38(68(3)4)16-20-42(49)56(41)40-18-14-35(28-45(40)60(76)77)58(74)64-26-25-63-52(71)13-7-8-27-86-39-17-21-44-50(31-39)88-47-12-6-5-11-43(47)57(44)65-54(73)23-22-53(72)62-24-9-10-36-33-69(61(78)66-59(36)75)55-32-46(70)51(90-55)34-87-94(82,83)92-95(84,85)91-93(79,80)81/h5-6,11-12,14-21,28-31,33,46,51,55,57,70H,7-8,13,22-27,32,34H2,1-4H3,(H9-,62,63,64,65,66,71,72,73,74,75,76,77,78,79,80,81,82,83,84,85)/p+1. The minimum absolute atomic E-state index is 0.0739. The molecule has 34 heteroatoms. The molecule has 5 aromatic rings. The van der Waals surface area contributed by atoms with Crippen molar-refractivity contribution in [3.63, 3.8) is 0 Å². The quantitative estimate of drug-likeness (QED) is 0.0119. The highest BCUT2D eigenvalue weighted by molar-refractivity contribution is 7.66. The van der Waals surface area contributed by atoms with E-state index in [0.29, 0.717) is 74.6 Å². The van der Waals surface area contributed by atoms with Crippen molar-refractivity contribution in [3.05, 3.63) is 157 Å². The Kier molecular flexibility index (Phi) is 22.2. The number of aromatic amines is 1. The number of ether oxygens (including phenoxy) is 3. The van der Waals surface area contributed by atoms with Gasteiger partial charge in [-0.3, -0.25) is 38.0 Å². The number of aromatic nitrogens is 2. The number of carboxylic acids is 1. The van der Waals surface area contributed by atoms with E-state index in [1.165, 1.54) is 6.07 Å². The van der Waals surface area contributed by atoms with Crippen molar-refractivity contribution < 1.29 is 99.2 Å². The molecule has 1 aromatic heterocycles. The Balaban J connectivity index is 0.704. The van der Waals surface area contributed by atoms with Gasteiger partial charge in [0, 0.05) is 116 Å². The Morgan fingerprint density at radius 3 is 2.26 bits per heavy atom. The Morgan fingerprint density at radius 2 is 1.52 bits per heavy atom. The van der Waals surface area contributed by atoms with Crippen LogP contribution in [0.25, 0.3) is 33.4 Å². The lowest BCUT2D eigenvalue weighted by molar-refractivity contribution is -0.126. The molecule has 0 saturated carbocycles. The van der Waals surface area contributed by atoms with Crippen LogP contribution in [0.3, 0.4) is 0 Å². The molecule has 0 radical (unpaired) electrons. The molecule has 6 unspecified atom stereocenters. The van der Waals surface area contributed by atoms with Crippen molar-refractivity contribution in [2.24, 2.45) is 0 Å². The number of para-hydroxylation sites is 1. The first-order chi connectivity index (χ1) is 45.0. The molecular weight excluding hydrogens is 1310 g/mol. The summed E-state index contributed by atoms with van der Waals surface area (Å²) in [5, 5.41) is 33.6. The van der Waals surface area contributed by atoms with Gasteiger partial charge in [-0.15, -0.1) is 0 Å². The summed E-state index contributed by atoms with van der Waals surface area (Å²) in [7, 11) is -9.40. The van der Waals surface area contributed by atoms with E-state index in [1.54, 1.807) is 54.6 Å². The van der Waals surface area contributed by atoms with E-state index in [2.05, 4.69) is 46.3 Å². The topological polar surface area (TPSA) is 436 Å². The molecule has 0 bridgehead atoms. The van der Waals surface area contributed by atoms with Gasteiger partial charge in [0.1, 0.15) is 60.6 Å². The minimum atomic E-state index is -5.82. The number of aliphatic hydroxyl groups excluding tert-OH is 1. The second-order valence-electron chi connectivity index (χ2n) is 22.1. The zero-order valence-electron chi connectivity index (χ0n) is 51.2. The molecular formula is C61H66N8O23P3+. The maximum Gasteiger partial charge on any atom is 0.490 e. The first-order valence-electron chi connectivity index (χ1n) is 29.2. The number of carboxylic acid groups (broad SMARTS) is 1. The Hall–Kier alpha value is -9.11. The highest BCUT2D eigenvalue weighted by atomic mass is 31.3. The lowest BCUT2D eigenvalue weighted by atomic mass is 9.89. The molecule has 1 aliphatic carbocycles. The van der Waals surface area contributed by atoms with Gasteiger partial charge >= 0.3 is 35.1 Å². The molecule has 4 heterocycles. The fourth-order valence-corrected chi connectivity index (χ4v) is 13.3. The number of anilines is 1. The third-order valence-corrected chi connectivity index (χ3v) is 18.6. The highest BCUT2D eigenvalue weighted by Gasteiger charge is 2.43. The summed E-state index contributed by atoms with van der Waals surface area (Å²) in [6, 6.07) is 27.5. The summed E-state index contributed by atoms with van der Waals surface area (Å²) in [4.78, 5) is 131. The average Bonchev–Trinajstić information content (AvgIpc) is 0.801. The number of rotatable bonds is 26. The number of phosphoric ester groups is 1. The first-order valence-corrected chi connectivity index (χ1v) is 33.7. The van der Waals surface area contributed by atoms with Crippen LogP contribution in [0.15, 0.2) is 117 Å². The zero-order chi connectivity index (χ0) is 68.5. The van der Waals surface area contributed by atoms with Gasteiger partial charge in [-0.2, -0.15) is 8.62 Å². The lowest BCUT2D eigenvalue weighted by Crippen LogP contribution is -2.34. The number of hydrogen-bond donors (Lipinski definition) is 11. The van der Waals surface area contributed by atoms with Crippen LogP contribution in [-0.4, -0.2) is 142 Å². The number of unbranched alkanes of at least 4 members (excludes halogenated alkanes) is 1. The molecule has 0 spiro atoms. The number of H-pyrrole nitrogens is 1. The van der Waals surface area contributed by atoms with Gasteiger partial charge in [0.15, 0.2) is 0 Å². The molecule has 11 N–H and O–H groups in total. The molecule has 3 aliphatic heterocycles. The van der Waals surface area contributed by atoms with Gasteiger partial charge in [-0.25, -0.2) is 27.9 Å². The molecule has 502 valence electrons. The van der Waals surface area contributed by atoms with Crippen molar-refractivity contribution >= 4 is 69.7 Å². The van der Waals surface area contributed by atoms with E-state index in [4.69, 9.17) is 28.4 Å². The number of carbonyl (C=O) groups is 5. The molecule has 4 aliphatic rings. The highest BCUT2D eigenvalue weighted by Crippen LogP contribution is 2.66. The van der Waals surface area contributed by atoms with Crippen molar-refractivity contribution in [1.82, 2.24) is 35.4 Å². The predicted molar refractivity (Wildman–Crippen MR) is 339 cm³/mol. The number of nitrogens with zero attached hydrogens (tertiary/aromatic N) is 3. The second kappa shape index (κ2) is 30.1. The number of aliphatic hydroxyl groups is 1. The van der Waals surface area contributed by atoms with Crippen LogP contribution in [0.1, 0.15) is 88.2 Å². The molecule has 9 rings (SSSR count). The predicted octanol–water partition coefficient (Wildman–Crippen LogP) is 4.20. The summed E-state index contributed by atoms with van der Waals surface area (Å²) in [5.74, 6) is 3.97. The largest absolute Gasteiger partial charge is 0.493 e. The summed E-state index contributed by atoms with van der Waals surface area (Å²) in [5.41, 5.74) is 2.31. The number of aromatic carboxylic acids is 1. The second-order valence-corrected chi connectivity index (χ2v) is 26.5. The Morgan fingerprint density at radius 1 is 0.789 bits per heavy atom. The van der Waals surface area contributed by atoms with Crippen LogP contribution < -0.4 is 56.8 Å². The molecule has 4 amide bonds. The van der Waals surface area contributed by atoms with E-state index < -0.39 is 89.5 Å². The van der Waals surface area contributed by atoms with E-state index in [9.17, 15) is 67.3 Å². The number of amides is 4. The van der Waals surface area contributed by atoms with Crippen LogP contribution in [0, 0.1) is 11.8 Å². The van der Waals surface area contributed by atoms with Crippen LogP contribution >= 0.6 is 23.5 Å². The maximum absolute atomic E-state index is 13.4. The van der Waals surface area contributed by atoms with Gasteiger partial charge in [-0.05, 0) is 66.9 Å². The summed E-state index contributed by atoms with van der Waals surface area (Å²) in [6.07, 6.45) is -3.01. The lowest BCUT2D eigenvalue weighted by Gasteiger charge is -2.29. The van der Waals surface area contributed by atoms with E-state index >= 15 is 0 Å². The van der Waals surface area contributed by atoms with Crippen LogP contribution in [0.2, 0.25) is 0 Å². The smallest absolute Gasteiger partial charge is 0.490 e. The molecule has 4 aromatic carbocycles. The van der Waals surface area contributed by atoms with Crippen LogP contribution in [0.4, 0.5) is 5.69 Å². The van der Waals surface area contributed by atoms with Gasteiger partial charge < -0.3 is 74.6 Å². The number of benzene rings is 5. The van der Waals surface area contributed by atoms with Crippen molar-refractivity contribution in [1.29, 1.82) is 0 Å². The number of phosphoric acid groups is 3. The van der Waals surface area contributed by atoms with Crippen LogP contribution in [-0.2, 0) is 46.0 Å². The van der Waals surface area contributed by atoms with Gasteiger partial charge in [0.2, 0.25) is 23.1 Å². The normalized spacial score (nSPS) is 16.9. The summed E-state index contributed by atoms with van der Waals surface area (Å²) in [6.45, 7) is -0.856. The van der Waals surface area contributed by atoms with Gasteiger partial charge in [0.05, 0.1) is 43.5 Å². The number of carbonyl (C=O) groups excluding carboxylic acids is 4. The third-order valence-electron chi connectivity index (χ3n) is 14.8. The molecule has 1 fully saturated rings. The fraction of sp³-hybridized carbons (Fsp3) is 0.311. The monoisotopic (exact) mass is 1370 g/mol. The fourth-order valence-electron chi connectivity index (χ4n) is 10.3. The third kappa shape index (κ3) is 18.2. The summed E-state index contributed by atoms with van der Waals surface area (Å²) >= 11 is 0. The van der Waals surface area contributed by atoms with E-state index in [0.717, 1.165) is 21.8 Å². The molecule has 95 heavy (non-hydrogen) atoms. The molecule has 6 atom stereocenters. The maximum atomic E-state index is 13.4. The molecule has 1 saturated heterocycles. The van der Waals surface area contributed by atoms with Gasteiger partial charge in [-0.1, -0.05) is 36.1 Å². The van der Waals surface area contributed by atoms with E-state index in [1.807, 2.05) is 79.0 Å². The molecule has 31 nitrogen and oxygen atoms in total. The number of hydrogen-bond acceptors (Lipinski definition) is 19. The van der Waals surface area contributed by atoms with Gasteiger partial charge in [0.25, 0.3) is 11.5 Å². The number of fused-ring (bicyclic) bond motifs is 4. The first kappa shape index (κ1) is 70.2. The summed E-state index contributed by atoms with van der Waals surface area (Å²) < 4.78 is 73.4. The van der Waals surface area contributed by atoms with Crippen molar-refractivity contribution in [2.75, 3.05) is 65.9 Å². The Bertz CT molecular complexity index is 4510. The van der Waals surface area contributed by atoms with E-state index in [-0.39, 0.29) is 74.5 Å². The Labute approximate surface area is 540 Å². The zero-order valence-corrected chi connectivity index (χ0v) is 53.9. The minimum Gasteiger partial charge on any atom is -0.493 e. The van der Waals surface area contributed by atoms with Crippen molar-refractivity contribution in [3.8, 4) is 51.5 Å². The SMILES string of the molecule is CN(C)c1ccc2c(-c3ccc(C(=O)NCCNC(=O)CCCCOc4ccc5c(c4)Oc4ccccc4C5NC(=O)CCC(=O)NCC#Cc4cn(C5CC(O)C(COP(=O)(O)OP(=O)(O)OP(=O)(O)O)O5)c(=O)[nH]c4=O)cc3C(=O)O)c3ccc(=[N+](C)C)cc-3oc2c1. The van der Waals surface area contributed by atoms with Crippen molar-refractivity contribution in [2.45, 2.75) is 63.0 Å². The number of nitrogens with one attached hydrogen (secondary N) is 5.